The number of nitrogens with two attached hydrogens (primary N) is 1. The van der Waals surface area contributed by atoms with Crippen LogP contribution in [0, 0.1) is 13.8 Å². The lowest BCUT2D eigenvalue weighted by Gasteiger charge is -2.14. The van der Waals surface area contributed by atoms with Gasteiger partial charge < -0.3 is 15.8 Å². The van der Waals surface area contributed by atoms with Gasteiger partial charge in [0, 0.05) is 7.05 Å². The number of anilines is 2. The molecule has 0 saturated heterocycles. The minimum absolute atomic E-state index is 0.227. The summed E-state index contributed by atoms with van der Waals surface area (Å²) in [6, 6.07) is 4.40. The molecule has 0 aliphatic rings. The second kappa shape index (κ2) is 6.92. The van der Waals surface area contributed by atoms with Crippen molar-refractivity contribution >= 4 is 34.9 Å². The molecule has 1 unspecified atom stereocenters. The number of nitrogens with one attached hydrogen (secondary N) is 1. The van der Waals surface area contributed by atoms with Gasteiger partial charge in [0.15, 0.2) is 6.10 Å². The summed E-state index contributed by atoms with van der Waals surface area (Å²) >= 11 is 5.81. The number of carbonyl (C=O) groups is 2. The maximum absolute atomic E-state index is 12.2. The number of esters is 1. The van der Waals surface area contributed by atoms with Crippen LogP contribution >= 0.6 is 11.6 Å². The maximum Gasteiger partial charge on any atom is 0.338 e. The number of hydrogen-bond donors (Lipinski definition) is 2. The van der Waals surface area contributed by atoms with Crippen LogP contribution in [0.4, 0.5) is 11.4 Å². The summed E-state index contributed by atoms with van der Waals surface area (Å²) in [5.41, 5.74) is 8.26. The molecule has 24 heavy (non-hydrogen) atoms. The van der Waals surface area contributed by atoms with Crippen LogP contribution < -0.4 is 11.1 Å². The first-order valence-corrected chi connectivity index (χ1v) is 7.65. The summed E-state index contributed by atoms with van der Waals surface area (Å²) in [7, 11) is 1.78. The molecule has 0 fully saturated rings. The number of aromatic nitrogens is 2. The molecule has 0 radical (unpaired) electrons. The zero-order chi connectivity index (χ0) is 18.0. The predicted octanol–water partition coefficient (Wildman–Crippen LogP) is 2.46. The summed E-state index contributed by atoms with van der Waals surface area (Å²) in [5, 5.41) is 7.30. The fourth-order valence-corrected chi connectivity index (χ4v) is 2.25. The molecule has 1 heterocycles. The highest BCUT2D eigenvalue weighted by Crippen LogP contribution is 2.21. The summed E-state index contributed by atoms with van der Waals surface area (Å²) in [4.78, 5) is 24.3. The summed E-state index contributed by atoms with van der Waals surface area (Å²) in [6.07, 6.45) is -0.978. The summed E-state index contributed by atoms with van der Waals surface area (Å²) in [5.74, 6) is -1.09. The van der Waals surface area contributed by atoms with Gasteiger partial charge in [-0.05, 0) is 39.0 Å². The van der Waals surface area contributed by atoms with Crippen molar-refractivity contribution in [1.82, 2.24) is 9.78 Å². The Morgan fingerprint density at radius 1 is 1.38 bits per heavy atom. The fourth-order valence-electron chi connectivity index (χ4n) is 2.13. The van der Waals surface area contributed by atoms with E-state index in [4.69, 9.17) is 22.1 Å². The molecule has 1 aromatic carbocycles. The molecule has 7 nitrogen and oxygen atoms in total. The first-order chi connectivity index (χ1) is 11.2. The Morgan fingerprint density at radius 3 is 2.58 bits per heavy atom. The Bertz CT molecular complexity index is 801. The van der Waals surface area contributed by atoms with Crippen molar-refractivity contribution in [3.8, 4) is 0 Å². The number of hydrogen-bond acceptors (Lipinski definition) is 5. The highest BCUT2D eigenvalue weighted by atomic mass is 35.5. The van der Waals surface area contributed by atoms with Gasteiger partial charge in [-0.3, -0.25) is 9.48 Å². The van der Waals surface area contributed by atoms with E-state index in [9.17, 15) is 9.59 Å². The van der Waals surface area contributed by atoms with E-state index >= 15 is 0 Å². The number of nitrogen functional groups attached to an aromatic ring is 1. The molecule has 1 aromatic heterocycles. The Labute approximate surface area is 144 Å². The van der Waals surface area contributed by atoms with Crippen LogP contribution in [0.25, 0.3) is 0 Å². The SMILES string of the molecule is Cc1nn(C)c(C)c1NC(=O)C(C)OC(=O)c1ccc(Cl)c(N)c1. The lowest BCUT2D eigenvalue weighted by molar-refractivity contribution is -0.123. The van der Waals surface area contributed by atoms with Gasteiger partial charge in [0.1, 0.15) is 0 Å². The Kier molecular flexibility index (Phi) is 5.14. The van der Waals surface area contributed by atoms with Gasteiger partial charge in [-0.2, -0.15) is 5.10 Å². The van der Waals surface area contributed by atoms with E-state index < -0.39 is 18.0 Å². The molecule has 1 amide bonds. The average Bonchev–Trinajstić information content (AvgIpc) is 2.76. The van der Waals surface area contributed by atoms with Crippen molar-refractivity contribution < 1.29 is 14.3 Å². The normalized spacial score (nSPS) is 11.9. The first-order valence-electron chi connectivity index (χ1n) is 7.27. The van der Waals surface area contributed by atoms with Gasteiger partial charge in [0.25, 0.3) is 5.91 Å². The number of carbonyl (C=O) groups excluding carboxylic acids is 2. The van der Waals surface area contributed by atoms with Crippen molar-refractivity contribution in [2.24, 2.45) is 7.05 Å². The number of rotatable bonds is 4. The van der Waals surface area contributed by atoms with Crippen LogP contribution in [0.3, 0.4) is 0 Å². The van der Waals surface area contributed by atoms with E-state index in [1.807, 2.05) is 6.92 Å². The molecule has 8 heteroatoms. The number of benzene rings is 1. The Balaban J connectivity index is 2.05. The quantitative estimate of drug-likeness (QED) is 0.651. The topological polar surface area (TPSA) is 99.2 Å². The van der Waals surface area contributed by atoms with E-state index in [2.05, 4.69) is 10.4 Å². The molecular weight excluding hydrogens is 332 g/mol. The lowest BCUT2D eigenvalue weighted by Crippen LogP contribution is -2.30. The lowest BCUT2D eigenvalue weighted by atomic mass is 10.2. The van der Waals surface area contributed by atoms with Crippen molar-refractivity contribution in [1.29, 1.82) is 0 Å². The standard InChI is InChI=1S/C16H19ClN4O3/c1-8-14(9(2)21(4)20-8)19-15(22)10(3)24-16(23)11-5-6-12(17)13(18)7-11/h5-7,10H,18H2,1-4H3,(H,19,22). The number of nitrogens with zero attached hydrogens (tertiary/aromatic N) is 2. The van der Waals surface area contributed by atoms with Crippen LogP contribution in [0.5, 0.6) is 0 Å². The Hall–Kier alpha value is -2.54. The molecule has 0 saturated carbocycles. The number of ether oxygens (including phenoxy) is 1. The second-order valence-electron chi connectivity index (χ2n) is 5.44. The minimum atomic E-state index is -0.978. The molecule has 128 valence electrons. The van der Waals surface area contributed by atoms with Crippen LogP contribution in [0.1, 0.15) is 28.7 Å². The maximum atomic E-state index is 12.2. The van der Waals surface area contributed by atoms with Crippen molar-refractivity contribution in [2.45, 2.75) is 26.9 Å². The number of amides is 1. The van der Waals surface area contributed by atoms with Crippen LogP contribution in [0.2, 0.25) is 5.02 Å². The van der Waals surface area contributed by atoms with E-state index in [0.29, 0.717) is 16.4 Å². The number of aryl methyl sites for hydroxylation is 2. The van der Waals surface area contributed by atoms with Crippen LogP contribution in [-0.4, -0.2) is 27.8 Å². The van der Waals surface area contributed by atoms with Crippen molar-refractivity contribution in [2.75, 3.05) is 11.1 Å². The van der Waals surface area contributed by atoms with Gasteiger partial charge >= 0.3 is 5.97 Å². The van der Waals surface area contributed by atoms with Gasteiger partial charge in [-0.15, -0.1) is 0 Å². The molecule has 1 atom stereocenters. The largest absolute Gasteiger partial charge is 0.449 e. The van der Waals surface area contributed by atoms with Crippen LogP contribution in [0.15, 0.2) is 18.2 Å². The van der Waals surface area contributed by atoms with Crippen molar-refractivity contribution in [3.63, 3.8) is 0 Å². The third-order valence-electron chi connectivity index (χ3n) is 3.64. The third-order valence-corrected chi connectivity index (χ3v) is 3.99. The molecule has 3 N–H and O–H groups in total. The molecule has 0 spiro atoms. The smallest absolute Gasteiger partial charge is 0.338 e. The zero-order valence-corrected chi connectivity index (χ0v) is 14.6. The predicted molar refractivity (Wildman–Crippen MR) is 92.1 cm³/mol. The molecule has 2 aromatic rings. The fraction of sp³-hybridized carbons (Fsp3) is 0.312. The molecular formula is C16H19ClN4O3. The minimum Gasteiger partial charge on any atom is -0.449 e. The molecule has 0 aliphatic carbocycles. The van der Waals surface area contributed by atoms with Gasteiger partial charge in [0.2, 0.25) is 0 Å². The average molecular weight is 351 g/mol. The van der Waals surface area contributed by atoms with E-state index in [1.165, 1.54) is 25.1 Å². The number of halogens is 1. The second-order valence-corrected chi connectivity index (χ2v) is 5.85. The van der Waals surface area contributed by atoms with E-state index in [0.717, 1.165) is 5.69 Å². The molecule has 0 aliphatic heterocycles. The molecule has 0 bridgehead atoms. The van der Waals surface area contributed by atoms with E-state index in [-0.39, 0.29) is 11.3 Å². The zero-order valence-electron chi connectivity index (χ0n) is 13.9. The monoisotopic (exact) mass is 350 g/mol. The van der Waals surface area contributed by atoms with Gasteiger partial charge in [-0.1, -0.05) is 11.6 Å². The van der Waals surface area contributed by atoms with Crippen LogP contribution in [-0.2, 0) is 16.6 Å². The van der Waals surface area contributed by atoms with E-state index in [1.54, 1.807) is 18.7 Å². The highest BCUT2D eigenvalue weighted by molar-refractivity contribution is 6.33. The molecule has 2 rings (SSSR count). The summed E-state index contributed by atoms with van der Waals surface area (Å²) in [6.45, 7) is 5.12. The van der Waals surface area contributed by atoms with Gasteiger partial charge in [0.05, 0.1) is 33.3 Å². The van der Waals surface area contributed by atoms with Crippen molar-refractivity contribution in [3.05, 3.63) is 40.2 Å². The third kappa shape index (κ3) is 3.68. The Morgan fingerprint density at radius 2 is 2.04 bits per heavy atom. The van der Waals surface area contributed by atoms with Gasteiger partial charge in [-0.25, -0.2) is 4.79 Å². The highest BCUT2D eigenvalue weighted by Gasteiger charge is 2.21. The summed E-state index contributed by atoms with van der Waals surface area (Å²) < 4.78 is 6.84. The first kappa shape index (κ1) is 17.8.